The van der Waals surface area contributed by atoms with Crippen LogP contribution in [-0.4, -0.2) is 24.0 Å². The number of hydrogen-bond acceptors (Lipinski definition) is 4. The smallest absolute Gasteiger partial charge is 0.269 e. The number of amides is 1. The molecule has 4 rings (SSSR count). The van der Waals surface area contributed by atoms with Crippen molar-refractivity contribution in [2.45, 2.75) is 12.8 Å². The second-order valence-corrected chi connectivity index (χ2v) is 6.44. The zero-order valence-corrected chi connectivity index (χ0v) is 14.6. The van der Waals surface area contributed by atoms with Crippen LogP contribution in [0.1, 0.15) is 12.0 Å². The van der Waals surface area contributed by atoms with Crippen LogP contribution >= 0.6 is 0 Å². The molecule has 6 heteroatoms. The molecule has 0 radical (unpaired) electrons. The Kier molecular flexibility index (Phi) is 4.46. The highest BCUT2D eigenvalue weighted by molar-refractivity contribution is 5.96. The lowest BCUT2D eigenvalue weighted by molar-refractivity contribution is -0.384. The molecule has 3 aromatic carbocycles. The zero-order chi connectivity index (χ0) is 18.8. The van der Waals surface area contributed by atoms with Crippen molar-refractivity contribution >= 4 is 28.1 Å². The van der Waals surface area contributed by atoms with Crippen molar-refractivity contribution in [3.05, 3.63) is 76.3 Å². The summed E-state index contributed by atoms with van der Waals surface area (Å²) >= 11 is 0. The first-order valence-electron chi connectivity index (χ1n) is 8.82. The molecule has 0 saturated carbocycles. The number of hydrogen-bond donors (Lipinski definition) is 0. The average molecular weight is 362 g/mol. The minimum Gasteiger partial charge on any atom is -0.491 e. The molecule has 1 aliphatic heterocycles. The number of non-ortho nitro benzene ring substituents is 1. The number of nitrogens with zero attached hydrogens (tertiary/aromatic N) is 2. The van der Waals surface area contributed by atoms with Gasteiger partial charge in [0, 0.05) is 29.6 Å². The Bertz CT molecular complexity index is 1030. The molecule has 0 N–H and O–H groups in total. The van der Waals surface area contributed by atoms with E-state index in [1.54, 1.807) is 17.0 Å². The molecule has 0 fully saturated rings. The highest BCUT2D eigenvalue weighted by Gasteiger charge is 2.25. The van der Waals surface area contributed by atoms with Crippen LogP contribution in [0.3, 0.4) is 0 Å². The molecule has 27 heavy (non-hydrogen) atoms. The van der Waals surface area contributed by atoms with Crippen LogP contribution in [-0.2, 0) is 11.2 Å². The summed E-state index contributed by atoms with van der Waals surface area (Å²) in [4.78, 5) is 24.6. The third-order valence-corrected chi connectivity index (χ3v) is 4.80. The third kappa shape index (κ3) is 3.33. The maximum Gasteiger partial charge on any atom is 0.269 e. The first-order valence-corrected chi connectivity index (χ1v) is 8.82. The van der Waals surface area contributed by atoms with Gasteiger partial charge in [0.15, 0.2) is 0 Å². The molecule has 0 aromatic heterocycles. The van der Waals surface area contributed by atoms with E-state index in [4.69, 9.17) is 4.74 Å². The SMILES string of the molecule is O=C1CCc2cc([N+](=O)[O-])ccc2N1CCOc1cccc2ccccc12. The molecule has 1 aliphatic rings. The minimum absolute atomic E-state index is 0.0119. The lowest BCUT2D eigenvalue weighted by Gasteiger charge is -2.29. The van der Waals surface area contributed by atoms with Gasteiger partial charge in [0.25, 0.3) is 5.69 Å². The summed E-state index contributed by atoms with van der Waals surface area (Å²) in [6.45, 7) is 0.739. The predicted octanol–water partition coefficient (Wildman–Crippen LogP) is 4.11. The van der Waals surface area contributed by atoms with Crippen molar-refractivity contribution in [1.29, 1.82) is 0 Å². The molecule has 3 aromatic rings. The predicted molar refractivity (Wildman–Crippen MR) is 103 cm³/mol. The second kappa shape index (κ2) is 7.07. The van der Waals surface area contributed by atoms with Gasteiger partial charge in [-0.15, -0.1) is 0 Å². The normalized spacial score (nSPS) is 13.5. The van der Waals surface area contributed by atoms with Gasteiger partial charge in [-0.05, 0) is 29.5 Å². The average Bonchev–Trinajstić information content (AvgIpc) is 2.69. The van der Waals surface area contributed by atoms with Crippen LogP contribution < -0.4 is 9.64 Å². The fourth-order valence-electron chi connectivity index (χ4n) is 3.47. The Morgan fingerprint density at radius 3 is 2.70 bits per heavy atom. The van der Waals surface area contributed by atoms with E-state index in [2.05, 4.69) is 0 Å². The van der Waals surface area contributed by atoms with E-state index in [0.717, 1.165) is 27.8 Å². The van der Waals surface area contributed by atoms with Gasteiger partial charge in [-0.25, -0.2) is 0 Å². The second-order valence-electron chi connectivity index (χ2n) is 6.44. The summed E-state index contributed by atoms with van der Waals surface area (Å²) in [5, 5.41) is 13.1. The summed E-state index contributed by atoms with van der Waals surface area (Å²) in [5.74, 6) is 0.791. The number of carbonyl (C=O) groups excluding carboxylic acids is 1. The number of nitro groups is 1. The van der Waals surface area contributed by atoms with E-state index in [1.165, 1.54) is 6.07 Å². The Balaban J connectivity index is 1.51. The van der Waals surface area contributed by atoms with Crippen molar-refractivity contribution in [2.24, 2.45) is 0 Å². The van der Waals surface area contributed by atoms with E-state index < -0.39 is 4.92 Å². The Labute approximate surface area is 156 Å². The molecule has 136 valence electrons. The van der Waals surface area contributed by atoms with Gasteiger partial charge >= 0.3 is 0 Å². The molecule has 0 spiro atoms. The third-order valence-electron chi connectivity index (χ3n) is 4.80. The number of benzene rings is 3. The summed E-state index contributed by atoms with van der Waals surface area (Å²) in [6, 6.07) is 18.5. The Hall–Kier alpha value is -3.41. The van der Waals surface area contributed by atoms with Crippen molar-refractivity contribution in [1.82, 2.24) is 0 Å². The van der Waals surface area contributed by atoms with Crippen LogP contribution in [0.2, 0.25) is 0 Å². The number of fused-ring (bicyclic) bond motifs is 2. The number of rotatable bonds is 5. The van der Waals surface area contributed by atoms with Gasteiger partial charge < -0.3 is 9.64 Å². The molecule has 0 saturated heterocycles. The molecule has 0 bridgehead atoms. The van der Waals surface area contributed by atoms with Crippen LogP contribution in [0.5, 0.6) is 5.75 Å². The number of anilines is 1. The fraction of sp³-hybridized carbons (Fsp3) is 0.190. The van der Waals surface area contributed by atoms with Gasteiger partial charge in [-0.1, -0.05) is 36.4 Å². The van der Waals surface area contributed by atoms with Gasteiger partial charge in [0.2, 0.25) is 5.91 Å². The molecule has 6 nitrogen and oxygen atoms in total. The Morgan fingerprint density at radius 2 is 1.85 bits per heavy atom. The van der Waals surface area contributed by atoms with E-state index in [0.29, 0.717) is 26.0 Å². The first-order chi connectivity index (χ1) is 13.1. The van der Waals surface area contributed by atoms with E-state index in [9.17, 15) is 14.9 Å². The van der Waals surface area contributed by atoms with Gasteiger partial charge in [0.05, 0.1) is 11.5 Å². The largest absolute Gasteiger partial charge is 0.491 e. The lowest BCUT2D eigenvalue weighted by Crippen LogP contribution is -2.38. The molecular formula is C21H18N2O4. The summed E-state index contributed by atoms with van der Waals surface area (Å²) < 4.78 is 5.95. The monoisotopic (exact) mass is 362 g/mol. The fourth-order valence-corrected chi connectivity index (χ4v) is 3.47. The van der Waals surface area contributed by atoms with E-state index >= 15 is 0 Å². The van der Waals surface area contributed by atoms with Crippen LogP contribution in [0.15, 0.2) is 60.7 Å². The molecule has 1 heterocycles. The maximum atomic E-state index is 12.4. The van der Waals surface area contributed by atoms with Crippen LogP contribution in [0.25, 0.3) is 10.8 Å². The number of carbonyl (C=O) groups is 1. The highest BCUT2D eigenvalue weighted by atomic mass is 16.6. The molecule has 0 unspecified atom stereocenters. The number of aryl methyl sites for hydroxylation is 1. The standard InChI is InChI=1S/C21H18N2O4/c24-21-11-8-16-14-17(23(25)26)9-10-19(16)22(21)12-13-27-20-7-3-5-15-4-1-2-6-18(15)20/h1-7,9-10,14H,8,11-13H2. The quantitative estimate of drug-likeness (QED) is 0.506. The zero-order valence-electron chi connectivity index (χ0n) is 14.6. The molecular weight excluding hydrogens is 344 g/mol. The van der Waals surface area contributed by atoms with Crippen LogP contribution in [0, 0.1) is 10.1 Å². The van der Waals surface area contributed by atoms with Crippen molar-refractivity contribution < 1.29 is 14.5 Å². The van der Waals surface area contributed by atoms with Crippen molar-refractivity contribution in [2.75, 3.05) is 18.1 Å². The van der Waals surface area contributed by atoms with Crippen molar-refractivity contribution in [3.63, 3.8) is 0 Å². The first kappa shape index (κ1) is 17.0. The van der Waals surface area contributed by atoms with Crippen LogP contribution in [0.4, 0.5) is 11.4 Å². The van der Waals surface area contributed by atoms with Crippen molar-refractivity contribution in [3.8, 4) is 5.75 Å². The highest BCUT2D eigenvalue weighted by Crippen LogP contribution is 2.31. The molecule has 0 atom stereocenters. The molecule has 0 aliphatic carbocycles. The van der Waals surface area contributed by atoms with Gasteiger partial charge in [0.1, 0.15) is 12.4 Å². The van der Waals surface area contributed by atoms with Gasteiger partial charge in [-0.2, -0.15) is 0 Å². The summed E-state index contributed by atoms with van der Waals surface area (Å²) in [7, 11) is 0. The van der Waals surface area contributed by atoms with E-state index in [1.807, 2.05) is 42.5 Å². The van der Waals surface area contributed by atoms with E-state index in [-0.39, 0.29) is 11.6 Å². The number of ether oxygens (including phenoxy) is 1. The minimum atomic E-state index is -0.412. The lowest BCUT2D eigenvalue weighted by atomic mass is 10.0. The number of nitro benzene ring substituents is 1. The summed E-state index contributed by atoms with van der Waals surface area (Å²) in [6.07, 6.45) is 0.874. The van der Waals surface area contributed by atoms with Gasteiger partial charge in [-0.3, -0.25) is 14.9 Å². The maximum absolute atomic E-state index is 12.4. The summed E-state index contributed by atoms with van der Waals surface area (Å²) in [5.41, 5.74) is 1.61. The Morgan fingerprint density at radius 1 is 1.04 bits per heavy atom. The topological polar surface area (TPSA) is 72.7 Å². The molecule has 1 amide bonds.